The van der Waals surface area contributed by atoms with Gasteiger partial charge < -0.3 is 20.1 Å². The van der Waals surface area contributed by atoms with Crippen molar-refractivity contribution in [2.75, 3.05) is 66.6 Å². The van der Waals surface area contributed by atoms with Crippen molar-refractivity contribution < 1.29 is 9.47 Å². The average molecular weight is 531 g/mol. The fourth-order valence-corrected chi connectivity index (χ4v) is 3.94. The van der Waals surface area contributed by atoms with Crippen molar-refractivity contribution in [3.8, 4) is 5.75 Å². The highest BCUT2D eigenvalue weighted by atomic mass is 127. The number of nitrogens with zero attached hydrogens (tertiary/aromatic N) is 3. The predicted octanol–water partition coefficient (Wildman–Crippen LogP) is 2.34. The van der Waals surface area contributed by atoms with Crippen LogP contribution in [0.25, 0.3) is 0 Å². The Morgan fingerprint density at radius 1 is 1.23 bits per heavy atom. The fourth-order valence-electron chi connectivity index (χ4n) is 3.94. The van der Waals surface area contributed by atoms with E-state index in [9.17, 15) is 0 Å². The molecule has 2 fully saturated rings. The number of ether oxygens (including phenoxy) is 2. The molecule has 3 rings (SSSR count). The molecule has 2 aliphatic rings. The minimum absolute atomic E-state index is 0. The molecule has 1 saturated carbocycles. The number of likely N-dealkylation sites (N-methyl/N-ethyl adjacent to an activating group) is 1. The lowest BCUT2D eigenvalue weighted by Gasteiger charge is -2.35. The van der Waals surface area contributed by atoms with Gasteiger partial charge in [0, 0.05) is 45.8 Å². The summed E-state index contributed by atoms with van der Waals surface area (Å²) in [5.74, 6) is 1.75. The summed E-state index contributed by atoms with van der Waals surface area (Å²) in [6, 6.07) is 9.46. The normalized spacial score (nSPS) is 18.6. The van der Waals surface area contributed by atoms with Crippen LogP contribution in [0.3, 0.4) is 0 Å². The van der Waals surface area contributed by atoms with E-state index in [1.165, 1.54) is 18.4 Å². The number of methoxy groups -OCH3 is 1. The SMILES string of the molecule is CCN(CCNC(=NC)NCC(c1ccc(OC)cc1)N1CCOCC1)C1CC1.I. The Kier molecular flexibility index (Phi) is 11.2. The van der Waals surface area contributed by atoms with Crippen molar-refractivity contribution in [1.82, 2.24) is 20.4 Å². The quantitative estimate of drug-likeness (QED) is 0.275. The summed E-state index contributed by atoms with van der Waals surface area (Å²) in [4.78, 5) is 9.46. The van der Waals surface area contributed by atoms with Crippen LogP contribution in [-0.4, -0.2) is 88.4 Å². The number of aliphatic imine (C=N–C) groups is 1. The van der Waals surface area contributed by atoms with E-state index in [0.717, 1.165) is 70.2 Å². The van der Waals surface area contributed by atoms with Gasteiger partial charge in [-0.15, -0.1) is 24.0 Å². The zero-order valence-electron chi connectivity index (χ0n) is 18.6. The van der Waals surface area contributed by atoms with E-state index in [-0.39, 0.29) is 30.0 Å². The number of hydrogen-bond acceptors (Lipinski definition) is 5. The maximum Gasteiger partial charge on any atom is 0.191 e. The van der Waals surface area contributed by atoms with Crippen LogP contribution in [0.4, 0.5) is 0 Å². The molecule has 1 aromatic rings. The number of hydrogen-bond donors (Lipinski definition) is 2. The monoisotopic (exact) mass is 531 g/mol. The molecule has 1 atom stereocenters. The molecule has 1 saturated heterocycles. The molecule has 1 aromatic carbocycles. The molecule has 1 aliphatic heterocycles. The molecule has 0 amide bonds. The van der Waals surface area contributed by atoms with Gasteiger partial charge >= 0.3 is 0 Å². The molecule has 0 radical (unpaired) electrons. The van der Waals surface area contributed by atoms with Crippen molar-refractivity contribution in [3.05, 3.63) is 29.8 Å². The van der Waals surface area contributed by atoms with E-state index in [1.54, 1.807) is 7.11 Å². The van der Waals surface area contributed by atoms with Crippen LogP contribution in [0.15, 0.2) is 29.3 Å². The van der Waals surface area contributed by atoms with Crippen LogP contribution in [0.5, 0.6) is 5.75 Å². The molecule has 30 heavy (non-hydrogen) atoms. The molecule has 170 valence electrons. The summed E-state index contributed by atoms with van der Waals surface area (Å²) in [7, 11) is 3.54. The number of rotatable bonds is 10. The highest BCUT2D eigenvalue weighted by Gasteiger charge is 2.27. The van der Waals surface area contributed by atoms with E-state index in [4.69, 9.17) is 9.47 Å². The van der Waals surface area contributed by atoms with E-state index in [1.807, 2.05) is 19.2 Å². The lowest BCUT2D eigenvalue weighted by Crippen LogP contribution is -2.47. The van der Waals surface area contributed by atoms with Gasteiger partial charge in [-0.05, 0) is 37.1 Å². The maximum atomic E-state index is 5.56. The van der Waals surface area contributed by atoms with E-state index in [0.29, 0.717) is 0 Å². The topological polar surface area (TPSA) is 61.4 Å². The van der Waals surface area contributed by atoms with Crippen LogP contribution >= 0.6 is 24.0 Å². The first-order chi connectivity index (χ1) is 14.2. The van der Waals surface area contributed by atoms with E-state index in [2.05, 4.69) is 44.5 Å². The van der Waals surface area contributed by atoms with Gasteiger partial charge in [-0.2, -0.15) is 0 Å². The zero-order chi connectivity index (χ0) is 20.5. The lowest BCUT2D eigenvalue weighted by atomic mass is 10.0. The summed E-state index contributed by atoms with van der Waals surface area (Å²) in [5.41, 5.74) is 1.28. The minimum Gasteiger partial charge on any atom is -0.497 e. The Bertz CT molecular complexity index is 633. The zero-order valence-corrected chi connectivity index (χ0v) is 20.9. The molecule has 2 N–H and O–H groups in total. The molecular weight excluding hydrogens is 493 g/mol. The highest BCUT2D eigenvalue weighted by Crippen LogP contribution is 2.26. The van der Waals surface area contributed by atoms with Gasteiger partial charge in [0.25, 0.3) is 0 Å². The van der Waals surface area contributed by atoms with E-state index < -0.39 is 0 Å². The van der Waals surface area contributed by atoms with Gasteiger partial charge in [-0.3, -0.25) is 14.8 Å². The Labute approximate surface area is 198 Å². The lowest BCUT2D eigenvalue weighted by molar-refractivity contribution is 0.0170. The van der Waals surface area contributed by atoms with Crippen molar-refractivity contribution in [3.63, 3.8) is 0 Å². The summed E-state index contributed by atoms with van der Waals surface area (Å²) < 4.78 is 10.9. The molecule has 0 aromatic heterocycles. The average Bonchev–Trinajstić information content (AvgIpc) is 3.62. The third-order valence-electron chi connectivity index (χ3n) is 5.83. The molecule has 1 aliphatic carbocycles. The fraction of sp³-hybridized carbons (Fsp3) is 0.682. The summed E-state index contributed by atoms with van der Waals surface area (Å²) in [6.45, 7) is 9.59. The van der Waals surface area contributed by atoms with Gasteiger partial charge in [-0.25, -0.2) is 0 Å². The van der Waals surface area contributed by atoms with Crippen LogP contribution in [-0.2, 0) is 4.74 Å². The number of guanidine groups is 1. The maximum absolute atomic E-state index is 5.56. The van der Waals surface area contributed by atoms with Crippen molar-refractivity contribution in [1.29, 1.82) is 0 Å². The first-order valence-electron chi connectivity index (χ1n) is 10.9. The second-order valence-corrected chi connectivity index (χ2v) is 7.68. The number of nitrogens with one attached hydrogen (secondary N) is 2. The minimum atomic E-state index is 0. The van der Waals surface area contributed by atoms with Gasteiger partial charge in [-0.1, -0.05) is 19.1 Å². The van der Waals surface area contributed by atoms with Crippen molar-refractivity contribution in [2.45, 2.75) is 31.8 Å². The van der Waals surface area contributed by atoms with Crippen LogP contribution < -0.4 is 15.4 Å². The molecule has 7 nitrogen and oxygen atoms in total. The van der Waals surface area contributed by atoms with Crippen LogP contribution in [0.1, 0.15) is 31.4 Å². The van der Waals surface area contributed by atoms with Gasteiger partial charge in [0.1, 0.15) is 5.75 Å². The van der Waals surface area contributed by atoms with Gasteiger partial charge in [0.15, 0.2) is 5.96 Å². The summed E-state index contributed by atoms with van der Waals surface area (Å²) in [6.07, 6.45) is 2.70. The smallest absolute Gasteiger partial charge is 0.191 e. The summed E-state index contributed by atoms with van der Waals surface area (Å²) in [5, 5.41) is 7.02. The molecule has 1 heterocycles. The first-order valence-corrected chi connectivity index (χ1v) is 10.9. The third kappa shape index (κ3) is 7.55. The number of benzene rings is 1. The molecule has 0 spiro atoms. The Morgan fingerprint density at radius 2 is 1.93 bits per heavy atom. The Morgan fingerprint density at radius 3 is 2.50 bits per heavy atom. The van der Waals surface area contributed by atoms with E-state index >= 15 is 0 Å². The molecule has 1 unspecified atom stereocenters. The molecule has 8 heteroatoms. The third-order valence-corrected chi connectivity index (χ3v) is 5.83. The largest absolute Gasteiger partial charge is 0.497 e. The second kappa shape index (κ2) is 13.3. The number of halogens is 1. The Balaban J connectivity index is 0.00000320. The van der Waals surface area contributed by atoms with Crippen LogP contribution in [0, 0.1) is 0 Å². The number of morpholine rings is 1. The van der Waals surface area contributed by atoms with Gasteiger partial charge in [0.05, 0.1) is 26.4 Å². The second-order valence-electron chi connectivity index (χ2n) is 7.68. The van der Waals surface area contributed by atoms with Crippen molar-refractivity contribution in [2.24, 2.45) is 4.99 Å². The van der Waals surface area contributed by atoms with Gasteiger partial charge in [0.2, 0.25) is 0 Å². The molecule has 0 bridgehead atoms. The van der Waals surface area contributed by atoms with Crippen LogP contribution in [0.2, 0.25) is 0 Å². The molecular formula is C22H38IN5O2. The first kappa shape index (κ1) is 25.2. The Hall–Kier alpha value is -1.10. The predicted molar refractivity (Wildman–Crippen MR) is 133 cm³/mol. The van der Waals surface area contributed by atoms with Crippen molar-refractivity contribution >= 4 is 29.9 Å². The highest BCUT2D eigenvalue weighted by molar-refractivity contribution is 14.0. The standard InChI is InChI=1S/C22H37N5O2.HI/c1-4-26(19-7-8-19)12-11-24-22(23-2)25-17-21(27-13-15-29-16-14-27)18-5-9-20(28-3)10-6-18;/h5-6,9-10,19,21H,4,7-8,11-17H2,1-3H3,(H2,23,24,25);1H. The summed E-state index contributed by atoms with van der Waals surface area (Å²) >= 11 is 0.